The van der Waals surface area contributed by atoms with Gasteiger partial charge in [-0.25, -0.2) is 0 Å². The van der Waals surface area contributed by atoms with Crippen LogP contribution >= 0.6 is 0 Å². The molecule has 9 unspecified atom stereocenters. The summed E-state index contributed by atoms with van der Waals surface area (Å²) in [6.07, 6.45) is 6.91. The number of aliphatic hydroxyl groups excluding tert-OH is 1. The van der Waals surface area contributed by atoms with E-state index < -0.39 is 39.5 Å². The Labute approximate surface area is 208 Å². The van der Waals surface area contributed by atoms with E-state index in [1.54, 1.807) is 13.0 Å². The van der Waals surface area contributed by atoms with Gasteiger partial charge < -0.3 is 30.6 Å². The molecule has 9 atom stereocenters. The predicted octanol–water partition coefficient (Wildman–Crippen LogP) is 2.16. The highest BCUT2D eigenvalue weighted by Gasteiger charge is 2.74. The zero-order valence-electron chi connectivity index (χ0n) is 22.0. The topological polar surface area (TPSA) is 138 Å². The number of carbonyl (C=O) groups excluding carboxylic acids is 1. The Hall–Kier alpha value is -1.09. The summed E-state index contributed by atoms with van der Waals surface area (Å²) >= 11 is 0. The lowest BCUT2D eigenvalue weighted by molar-refractivity contribution is -0.217. The monoisotopic (exact) mass is 492 g/mol. The van der Waals surface area contributed by atoms with Crippen molar-refractivity contribution in [3.05, 3.63) is 23.8 Å². The highest BCUT2D eigenvalue weighted by molar-refractivity contribution is 5.95. The van der Waals surface area contributed by atoms with Gasteiger partial charge in [-0.3, -0.25) is 4.79 Å². The first-order valence-electron chi connectivity index (χ1n) is 13.0. The van der Waals surface area contributed by atoms with Crippen molar-refractivity contribution in [3.8, 4) is 0 Å². The Kier molecular flexibility index (Phi) is 5.94. The van der Waals surface area contributed by atoms with Gasteiger partial charge in [-0.05, 0) is 95.6 Å². The summed E-state index contributed by atoms with van der Waals surface area (Å²) in [6.45, 7) is 9.71. The maximum Gasteiger partial charge on any atom is 0.159 e. The maximum atomic E-state index is 13.3. The molecule has 0 heterocycles. The molecule has 4 rings (SSSR count). The van der Waals surface area contributed by atoms with E-state index in [1.165, 1.54) is 39.8 Å². The molecule has 6 N–H and O–H groups in total. The number of aliphatic hydroxyl groups is 6. The van der Waals surface area contributed by atoms with Gasteiger partial charge >= 0.3 is 0 Å². The van der Waals surface area contributed by atoms with Gasteiger partial charge in [0, 0.05) is 11.3 Å². The fraction of sp³-hybridized carbons (Fsp3) is 0.821. The number of ketones is 1. The first-order chi connectivity index (χ1) is 15.8. The van der Waals surface area contributed by atoms with E-state index in [2.05, 4.69) is 6.92 Å². The van der Waals surface area contributed by atoms with Gasteiger partial charge in [-0.15, -0.1) is 0 Å². The van der Waals surface area contributed by atoms with Crippen molar-refractivity contribution in [2.75, 3.05) is 0 Å². The molecular weight excluding hydrogens is 448 g/mol. The van der Waals surface area contributed by atoms with Gasteiger partial charge in [0.1, 0.15) is 16.8 Å². The molecule has 7 heteroatoms. The van der Waals surface area contributed by atoms with E-state index in [9.17, 15) is 35.4 Å². The molecule has 0 bridgehead atoms. The average molecular weight is 493 g/mol. The molecule has 0 radical (unpaired) electrons. The average Bonchev–Trinajstić information content (AvgIpc) is 2.96. The normalized spacial score (nSPS) is 47.4. The first-order valence-corrected chi connectivity index (χ1v) is 13.0. The quantitative estimate of drug-likeness (QED) is 0.331. The van der Waals surface area contributed by atoms with Crippen molar-refractivity contribution in [2.45, 2.75) is 121 Å². The summed E-state index contributed by atoms with van der Waals surface area (Å²) in [5.74, 6) is -0.378. The highest BCUT2D eigenvalue weighted by Crippen LogP contribution is 2.69. The third kappa shape index (κ3) is 3.49. The van der Waals surface area contributed by atoms with Gasteiger partial charge in [0.15, 0.2) is 5.78 Å². The lowest BCUT2D eigenvalue weighted by Gasteiger charge is -2.61. The van der Waals surface area contributed by atoms with Crippen LogP contribution in [0.1, 0.15) is 86.5 Å². The lowest BCUT2D eigenvalue weighted by atomic mass is 9.45. The number of rotatable bonds is 4. The fourth-order valence-electron chi connectivity index (χ4n) is 7.81. The number of hydrogen-bond donors (Lipinski definition) is 6. The number of carbonyl (C=O) groups is 1. The first kappa shape index (κ1) is 27.0. The van der Waals surface area contributed by atoms with E-state index >= 15 is 0 Å². The minimum Gasteiger partial charge on any atom is -0.393 e. The van der Waals surface area contributed by atoms with Gasteiger partial charge in [-0.2, -0.15) is 0 Å². The van der Waals surface area contributed by atoms with Crippen molar-refractivity contribution in [3.63, 3.8) is 0 Å². The van der Waals surface area contributed by atoms with E-state index in [-0.39, 0.29) is 35.9 Å². The number of hydrogen-bond acceptors (Lipinski definition) is 7. The SMILES string of the molecule is CC12CCC(O)CC1C(=O)C=C1C2CCC2(C)C1(O)CCC2(O)C(C)(O)C=CC(C)(O)C(C)(C)O. The molecule has 0 saturated heterocycles. The third-order valence-electron chi connectivity index (χ3n) is 11.0. The van der Waals surface area contributed by atoms with Crippen molar-refractivity contribution < 1.29 is 35.4 Å². The van der Waals surface area contributed by atoms with E-state index in [4.69, 9.17) is 0 Å². The summed E-state index contributed by atoms with van der Waals surface area (Å²) in [4.78, 5) is 13.3. The Morgan fingerprint density at radius 3 is 2.14 bits per heavy atom. The molecule has 0 aliphatic heterocycles. The van der Waals surface area contributed by atoms with Gasteiger partial charge in [0.05, 0.1) is 17.3 Å². The molecule has 198 valence electrons. The molecule has 7 nitrogen and oxygen atoms in total. The zero-order chi connectivity index (χ0) is 26.5. The van der Waals surface area contributed by atoms with Crippen molar-refractivity contribution in [1.29, 1.82) is 0 Å². The van der Waals surface area contributed by atoms with Crippen molar-refractivity contribution >= 4 is 5.78 Å². The van der Waals surface area contributed by atoms with Crippen LogP contribution in [-0.2, 0) is 4.79 Å². The molecule has 0 spiro atoms. The second-order valence-corrected chi connectivity index (χ2v) is 13.3. The van der Waals surface area contributed by atoms with Crippen LogP contribution in [0, 0.1) is 22.7 Å². The molecule has 0 aromatic heterocycles. The Morgan fingerprint density at radius 1 is 0.914 bits per heavy atom. The van der Waals surface area contributed by atoms with E-state index in [0.717, 1.165) is 0 Å². The van der Waals surface area contributed by atoms with Crippen molar-refractivity contribution in [2.24, 2.45) is 22.7 Å². The maximum absolute atomic E-state index is 13.3. The summed E-state index contributed by atoms with van der Waals surface area (Å²) in [5.41, 5.74) is -9.01. The third-order valence-corrected chi connectivity index (χ3v) is 11.0. The summed E-state index contributed by atoms with van der Waals surface area (Å²) in [5, 5.41) is 67.1. The van der Waals surface area contributed by atoms with Crippen LogP contribution in [0.15, 0.2) is 23.8 Å². The predicted molar refractivity (Wildman–Crippen MR) is 131 cm³/mol. The number of fused-ring (bicyclic) bond motifs is 5. The molecule has 35 heavy (non-hydrogen) atoms. The van der Waals surface area contributed by atoms with Crippen LogP contribution in [0.3, 0.4) is 0 Å². The standard InChI is InChI=1S/C28H44O7/c1-22(2,31)25(5,32)11-12-26(6,33)28(35)14-13-27(34)19-16-21(30)20-15-17(29)7-9-23(20,3)18(19)8-10-24(27,28)4/h11-12,16-18,20,29,31-35H,7-10,13-15H2,1-6H3. The second-order valence-electron chi connectivity index (χ2n) is 13.3. The van der Waals surface area contributed by atoms with Crippen LogP contribution in [-0.4, -0.2) is 70.5 Å². The van der Waals surface area contributed by atoms with Gasteiger partial charge in [0.2, 0.25) is 0 Å². The highest BCUT2D eigenvalue weighted by atomic mass is 16.4. The van der Waals surface area contributed by atoms with Crippen LogP contribution in [0.25, 0.3) is 0 Å². The Morgan fingerprint density at radius 2 is 1.54 bits per heavy atom. The van der Waals surface area contributed by atoms with E-state index in [0.29, 0.717) is 37.7 Å². The molecule has 3 fully saturated rings. The lowest BCUT2D eigenvalue weighted by Crippen LogP contribution is -2.67. The molecule has 4 aliphatic rings. The molecule has 0 amide bonds. The van der Waals surface area contributed by atoms with E-state index in [1.807, 2.05) is 0 Å². The summed E-state index contributed by atoms with van der Waals surface area (Å²) in [7, 11) is 0. The molecule has 0 aromatic rings. The Bertz CT molecular complexity index is 959. The zero-order valence-corrected chi connectivity index (χ0v) is 22.0. The fourth-order valence-corrected chi connectivity index (χ4v) is 7.81. The minimum atomic E-state index is -1.82. The molecule has 3 saturated carbocycles. The summed E-state index contributed by atoms with van der Waals surface area (Å²) in [6, 6.07) is 0. The van der Waals surface area contributed by atoms with Crippen molar-refractivity contribution in [1.82, 2.24) is 0 Å². The van der Waals surface area contributed by atoms with Crippen LogP contribution < -0.4 is 0 Å². The van der Waals surface area contributed by atoms with Gasteiger partial charge in [0.25, 0.3) is 0 Å². The molecule has 4 aliphatic carbocycles. The van der Waals surface area contributed by atoms with Crippen LogP contribution in [0.4, 0.5) is 0 Å². The second kappa shape index (κ2) is 7.71. The smallest absolute Gasteiger partial charge is 0.159 e. The Balaban J connectivity index is 1.74. The largest absolute Gasteiger partial charge is 0.393 e. The summed E-state index contributed by atoms with van der Waals surface area (Å²) < 4.78 is 0. The molecular formula is C28H44O7. The van der Waals surface area contributed by atoms with Crippen LogP contribution in [0.5, 0.6) is 0 Å². The minimum absolute atomic E-state index is 0.0328. The molecule has 0 aromatic carbocycles. The van der Waals surface area contributed by atoms with Crippen LogP contribution in [0.2, 0.25) is 0 Å². The van der Waals surface area contributed by atoms with Gasteiger partial charge in [-0.1, -0.05) is 26.0 Å². The number of allylic oxidation sites excluding steroid dienone is 1.